The summed E-state index contributed by atoms with van der Waals surface area (Å²) in [4.78, 5) is 0. The number of hydrogen-bond acceptors (Lipinski definition) is 2. The summed E-state index contributed by atoms with van der Waals surface area (Å²) < 4.78 is 5.72. The Labute approximate surface area is 125 Å². The fraction of sp³-hybridized carbons (Fsp3) is 0.294. The van der Waals surface area contributed by atoms with Crippen molar-refractivity contribution in [3.05, 3.63) is 64.7 Å². The van der Waals surface area contributed by atoms with Gasteiger partial charge in [-0.25, -0.2) is 0 Å². The highest BCUT2D eigenvalue weighted by Crippen LogP contribution is 2.27. The van der Waals surface area contributed by atoms with Crippen molar-refractivity contribution < 1.29 is 4.74 Å². The maximum Gasteiger partial charge on any atom is 0.137 e. The van der Waals surface area contributed by atoms with E-state index in [0.29, 0.717) is 11.6 Å². The zero-order valence-electron chi connectivity index (χ0n) is 11.7. The van der Waals surface area contributed by atoms with E-state index in [1.54, 1.807) is 0 Å². The Morgan fingerprint density at radius 3 is 2.55 bits per heavy atom. The average molecular weight is 290 g/mol. The summed E-state index contributed by atoms with van der Waals surface area (Å²) in [6, 6.07) is 16.1. The normalized spacial score (nSPS) is 12.2. The van der Waals surface area contributed by atoms with E-state index in [2.05, 4.69) is 24.3 Å². The van der Waals surface area contributed by atoms with Gasteiger partial charge in [0.15, 0.2) is 0 Å². The predicted octanol–water partition coefficient (Wildman–Crippen LogP) is 4.37. The van der Waals surface area contributed by atoms with E-state index in [4.69, 9.17) is 22.1 Å². The highest BCUT2D eigenvalue weighted by atomic mass is 35.5. The van der Waals surface area contributed by atoms with Crippen LogP contribution in [0.25, 0.3) is 0 Å². The molecule has 1 unspecified atom stereocenters. The number of nitrogens with two attached hydrogens (primary N) is 1. The summed E-state index contributed by atoms with van der Waals surface area (Å²) in [6.07, 6.45) is 1.98. The summed E-state index contributed by atoms with van der Waals surface area (Å²) in [7, 11) is 0. The van der Waals surface area contributed by atoms with E-state index in [9.17, 15) is 0 Å². The highest BCUT2D eigenvalue weighted by molar-refractivity contribution is 6.32. The van der Waals surface area contributed by atoms with Gasteiger partial charge in [0.1, 0.15) is 5.75 Å². The molecule has 0 radical (unpaired) electrons. The lowest BCUT2D eigenvalue weighted by atomic mass is 10.1. The van der Waals surface area contributed by atoms with Crippen LogP contribution in [0.15, 0.2) is 48.5 Å². The molecule has 0 saturated carbocycles. The average Bonchev–Trinajstić information content (AvgIpc) is 2.46. The van der Waals surface area contributed by atoms with Gasteiger partial charge < -0.3 is 10.5 Å². The van der Waals surface area contributed by atoms with E-state index >= 15 is 0 Å². The van der Waals surface area contributed by atoms with Crippen LogP contribution in [0.4, 0.5) is 0 Å². The monoisotopic (exact) mass is 289 g/mol. The zero-order chi connectivity index (χ0) is 14.4. The van der Waals surface area contributed by atoms with Gasteiger partial charge in [-0.2, -0.15) is 0 Å². The van der Waals surface area contributed by atoms with Crippen LogP contribution in [-0.4, -0.2) is 6.61 Å². The second kappa shape index (κ2) is 7.32. The molecule has 0 heterocycles. The first-order valence-corrected chi connectivity index (χ1v) is 7.26. The minimum atomic E-state index is -0.0142. The van der Waals surface area contributed by atoms with E-state index in [1.165, 1.54) is 5.56 Å². The van der Waals surface area contributed by atoms with Gasteiger partial charge in [-0.3, -0.25) is 0 Å². The lowest BCUT2D eigenvalue weighted by Crippen LogP contribution is -2.05. The molecule has 2 nitrogen and oxygen atoms in total. The summed E-state index contributed by atoms with van der Waals surface area (Å²) >= 11 is 6.19. The molecule has 106 valence electrons. The quantitative estimate of drug-likeness (QED) is 0.801. The summed E-state index contributed by atoms with van der Waals surface area (Å²) in [5.74, 6) is 0.726. The fourth-order valence-electron chi connectivity index (χ4n) is 2.02. The van der Waals surface area contributed by atoms with Gasteiger partial charge in [0, 0.05) is 6.04 Å². The first-order chi connectivity index (χ1) is 9.66. The summed E-state index contributed by atoms with van der Waals surface area (Å²) in [5.41, 5.74) is 8.17. The lowest BCUT2D eigenvalue weighted by Gasteiger charge is -2.11. The molecular weight excluding hydrogens is 270 g/mol. The van der Waals surface area contributed by atoms with Gasteiger partial charge in [-0.15, -0.1) is 0 Å². The molecule has 3 heteroatoms. The van der Waals surface area contributed by atoms with Crippen LogP contribution < -0.4 is 10.5 Å². The Balaban J connectivity index is 1.82. The van der Waals surface area contributed by atoms with Crippen molar-refractivity contribution in [2.24, 2.45) is 5.73 Å². The number of ether oxygens (including phenoxy) is 1. The van der Waals surface area contributed by atoms with Crippen molar-refractivity contribution >= 4 is 11.6 Å². The Morgan fingerprint density at radius 1 is 1.15 bits per heavy atom. The smallest absolute Gasteiger partial charge is 0.137 e. The maximum atomic E-state index is 6.19. The van der Waals surface area contributed by atoms with E-state index in [-0.39, 0.29) is 6.04 Å². The van der Waals surface area contributed by atoms with Crippen molar-refractivity contribution in [2.75, 3.05) is 6.61 Å². The molecule has 0 aromatic heterocycles. The summed E-state index contributed by atoms with van der Waals surface area (Å²) in [5, 5.41) is 0.625. The van der Waals surface area contributed by atoms with E-state index in [0.717, 1.165) is 24.2 Å². The Morgan fingerprint density at radius 2 is 1.90 bits per heavy atom. The third kappa shape index (κ3) is 4.26. The number of benzene rings is 2. The third-order valence-electron chi connectivity index (χ3n) is 3.19. The second-order valence-corrected chi connectivity index (χ2v) is 5.32. The Bertz CT molecular complexity index is 540. The Kier molecular flexibility index (Phi) is 5.45. The number of hydrogen-bond donors (Lipinski definition) is 1. The molecule has 2 rings (SSSR count). The topological polar surface area (TPSA) is 35.2 Å². The molecule has 2 aromatic carbocycles. The zero-order valence-corrected chi connectivity index (χ0v) is 12.4. The first kappa shape index (κ1) is 14.9. The minimum Gasteiger partial charge on any atom is -0.492 e. The largest absolute Gasteiger partial charge is 0.492 e. The van der Waals surface area contributed by atoms with Crippen LogP contribution in [0.2, 0.25) is 5.02 Å². The van der Waals surface area contributed by atoms with Crippen molar-refractivity contribution in [1.29, 1.82) is 0 Å². The van der Waals surface area contributed by atoms with E-state index < -0.39 is 0 Å². The molecule has 0 fully saturated rings. The van der Waals surface area contributed by atoms with Crippen LogP contribution >= 0.6 is 11.6 Å². The lowest BCUT2D eigenvalue weighted by molar-refractivity contribution is 0.311. The number of halogens is 1. The maximum absolute atomic E-state index is 6.19. The highest BCUT2D eigenvalue weighted by Gasteiger charge is 2.05. The van der Waals surface area contributed by atoms with Crippen LogP contribution in [0.3, 0.4) is 0 Å². The molecule has 20 heavy (non-hydrogen) atoms. The molecule has 2 N–H and O–H groups in total. The fourth-order valence-corrected chi connectivity index (χ4v) is 2.26. The molecule has 0 aliphatic heterocycles. The van der Waals surface area contributed by atoms with Crippen molar-refractivity contribution in [2.45, 2.75) is 25.8 Å². The standard InChI is InChI=1S/C17H20ClNO/c1-13(19)15-9-10-17(16(18)12-15)20-11-5-8-14-6-3-2-4-7-14/h2-4,6-7,9-10,12-13H,5,8,11,19H2,1H3. The molecule has 0 amide bonds. The second-order valence-electron chi connectivity index (χ2n) is 4.92. The van der Waals surface area contributed by atoms with E-state index in [1.807, 2.05) is 31.2 Å². The van der Waals surface area contributed by atoms with Gasteiger partial charge in [-0.1, -0.05) is 48.0 Å². The Hall–Kier alpha value is -1.51. The van der Waals surface area contributed by atoms with Crippen molar-refractivity contribution in [3.8, 4) is 5.75 Å². The van der Waals surface area contributed by atoms with Crippen LogP contribution in [0.1, 0.15) is 30.5 Å². The van der Waals surface area contributed by atoms with Crippen LogP contribution in [0.5, 0.6) is 5.75 Å². The first-order valence-electron chi connectivity index (χ1n) is 6.88. The summed E-state index contributed by atoms with van der Waals surface area (Å²) in [6.45, 7) is 2.60. The van der Waals surface area contributed by atoms with Gasteiger partial charge in [0.2, 0.25) is 0 Å². The molecule has 0 aliphatic carbocycles. The molecule has 0 spiro atoms. The third-order valence-corrected chi connectivity index (χ3v) is 3.49. The van der Waals surface area contributed by atoms with Crippen LogP contribution in [0, 0.1) is 0 Å². The molecule has 0 bridgehead atoms. The predicted molar refractivity (Wildman–Crippen MR) is 84.3 cm³/mol. The molecular formula is C17H20ClNO. The molecule has 0 saturated heterocycles. The van der Waals surface area contributed by atoms with Crippen molar-refractivity contribution in [1.82, 2.24) is 0 Å². The van der Waals surface area contributed by atoms with Gasteiger partial charge in [0.05, 0.1) is 11.6 Å². The van der Waals surface area contributed by atoms with Crippen molar-refractivity contribution in [3.63, 3.8) is 0 Å². The number of aryl methyl sites for hydroxylation is 1. The molecule has 2 aromatic rings. The molecule has 0 aliphatic rings. The SMILES string of the molecule is CC(N)c1ccc(OCCCc2ccccc2)c(Cl)c1. The van der Waals surface area contributed by atoms with Gasteiger partial charge >= 0.3 is 0 Å². The van der Waals surface area contributed by atoms with Gasteiger partial charge in [-0.05, 0) is 43.0 Å². The number of rotatable bonds is 6. The van der Waals surface area contributed by atoms with Crippen LogP contribution in [-0.2, 0) is 6.42 Å². The molecule has 1 atom stereocenters. The minimum absolute atomic E-state index is 0.0142. The van der Waals surface area contributed by atoms with Gasteiger partial charge in [0.25, 0.3) is 0 Å².